The molecule has 0 bridgehead atoms. The van der Waals surface area contributed by atoms with Crippen LogP contribution in [0.1, 0.15) is 55.2 Å². The number of rotatable bonds is 9. The fourth-order valence-electron chi connectivity index (χ4n) is 5.93. The van der Waals surface area contributed by atoms with Gasteiger partial charge in [-0.3, -0.25) is 9.62 Å². The molecule has 3 aromatic carbocycles. The van der Waals surface area contributed by atoms with E-state index >= 15 is 0 Å². The van der Waals surface area contributed by atoms with Crippen molar-refractivity contribution in [2.45, 2.75) is 45.1 Å². The van der Waals surface area contributed by atoms with Crippen molar-refractivity contribution in [3.63, 3.8) is 0 Å². The second-order valence-electron chi connectivity index (χ2n) is 11.1. The smallest absolute Gasteiger partial charge is 0.229 e. The largest absolute Gasteiger partial charge is 0.493 e. The van der Waals surface area contributed by atoms with Gasteiger partial charge in [0.25, 0.3) is 0 Å². The first-order valence-electron chi connectivity index (χ1n) is 13.8. The van der Waals surface area contributed by atoms with E-state index in [9.17, 15) is 8.42 Å². The van der Waals surface area contributed by atoms with Gasteiger partial charge in [-0.25, -0.2) is 8.42 Å². The minimum atomic E-state index is -3.29. The first-order chi connectivity index (χ1) is 19.1. The molecule has 7 nitrogen and oxygen atoms in total. The molecule has 1 aliphatic heterocycles. The van der Waals surface area contributed by atoms with Gasteiger partial charge in [-0.2, -0.15) is 0 Å². The summed E-state index contributed by atoms with van der Waals surface area (Å²) in [5.74, 6) is 2.31. The topological polar surface area (TPSA) is 83.7 Å². The number of methoxy groups -OCH3 is 2. The second-order valence-corrected chi connectivity index (χ2v) is 12.8. The molecule has 0 atom stereocenters. The maximum absolute atomic E-state index is 11.6. The molecular formula is C32H39N3O4S. The Hall–Kier alpha value is -3.49. The number of piperidine rings is 1. The Balaban J connectivity index is 1.34. The zero-order valence-corrected chi connectivity index (χ0v) is 24.8. The molecule has 2 heterocycles. The highest BCUT2D eigenvalue weighted by Gasteiger charge is 2.23. The predicted molar refractivity (Wildman–Crippen MR) is 163 cm³/mol. The van der Waals surface area contributed by atoms with Gasteiger partial charge in [-0.05, 0) is 96.9 Å². The van der Waals surface area contributed by atoms with E-state index in [1.165, 1.54) is 22.8 Å². The van der Waals surface area contributed by atoms with Gasteiger partial charge in [0.05, 0.1) is 26.2 Å². The summed E-state index contributed by atoms with van der Waals surface area (Å²) in [4.78, 5) is 6.14. The van der Waals surface area contributed by atoms with Crippen molar-refractivity contribution >= 4 is 26.6 Å². The molecular weight excluding hydrogens is 522 g/mol. The third-order valence-corrected chi connectivity index (χ3v) is 8.41. The fourth-order valence-corrected chi connectivity index (χ4v) is 6.49. The van der Waals surface area contributed by atoms with Gasteiger partial charge in [0, 0.05) is 28.7 Å². The van der Waals surface area contributed by atoms with E-state index in [2.05, 4.69) is 58.8 Å². The highest BCUT2D eigenvalue weighted by molar-refractivity contribution is 7.92. The maximum Gasteiger partial charge on any atom is 0.229 e. The molecule has 1 aliphatic rings. The average molecular weight is 562 g/mol. The van der Waals surface area contributed by atoms with Crippen LogP contribution in [0.15, 0.2) is 60.7 Å². The number of fused-ring (bicyclic) bond motifs is 1. The number of sulfonamides is 1. The monoisotopic (exact) mass is 561 g/mol. The maximum atomic E-state index is 11.6. The number of nitrogens with one attached hydrogen (secondary N) is 2. The number of aromatic nitrogens is 1. The molecule has 1 fully saturated rings. The van der Waals surface area contributed by atoms with Gasteiger partial charge in [0.1, 0.15) is 0 Å². The highest BCUT2D eigenvalue weighted by atomic mass is 32.2. The number of nitrogens with zero attached hydrogens (tertiary/aromatic N) is 1. The third kappa shape index (κ3) is 6.13. The lowest BCUT2D eigenvalue weighted by Gasteiger charge is -2.32. The lowest BCUT2D eigenvalue weighted by Crippen LogP contribution is -2.32. The molecule has 1 aromatic heterocycles. The SMILES string of the molecule is COc1ccc(-c2[nH]c3ccc(C4CCN(Cc5cccc(NS(C)(=O)=O)c5)CC4)cc3c2C(C)C)cc1OC. The summed E-state index contributed by atoms with van der Waals surface area (Å²) in [6.07, 6.45) is 3.37. The van der Waals surface area contributed by atoms with Gasteiger partial charge >= 0.3 is 0 Å². The Morgan fingerprint density at radius 1 is 0.975 bits per heavy atom. The minimum absolute atomic E-state index is 0.349. The summed E-state index contributed by atoms with van der Waals surface area (Å²) in [5.41, 5.74) is 7.81. The van der Waals surface area contributed by atoms with Crippen molar-refractivity contribution in [2.75, 3.05) is 38.3 Å². The summed E-state index contributed by atoms with van der Waals surface area (Å²) in [6.45, 7) is 7.33. The van der Waals surface area contributed by atoms with Gasteiger partial charge in [-0.1, -0.05) is 32.0 Å². The fraction of sp³-hybridized carbons (Fsp3) is 0.375. The standard InChI is InChI=1S/C32H39N3O4S/c1-21(2)31-27-18-24(9-11-28(27)33-32(31)25-10-12-29(38-3)30(19-25)39-4)23-13-15-35(16-14-23)20-22-7-6-8-26(17-22)34-40(5,36)37/h6-12,17-19,21,23,33-34H,13-16,20H2,1-5H3. The molecule has 0 saturated carbocycles. The molecule has 4 aromatic rings. The summed E-state index contributed by atoms with van der Waals surface area (Å²) in [5, 5.41) is 1.29. The number of likely N-dealkylation sites (tertiary alicyclic amines) is 1. The zero-order chi connectivity index (χ0) is 28.4. The normalized spacial score (nSPS) is 15.1. The Morgan fingerprint density at radius 2 is 1.73 bits per heavy atom. The van der Waals surface area contributed by atoms with Crippen LogP contribution in [0.2, 0.25) is 0 Å². The molecule has 5 rings (SSSR count). The number of hydrogen-bond acceptors (Lipinski definition) is 5. The first kappa shape index (κ1) is 28.1. The Kier molecular flexibility index (Phi) is 8.10. The van der Waals surface area contributed by atoms with Crippen molar-refractivity contribution in [3.8, 4) is 22.8 Å². The summed E-state index contributed by atoms with van der Waals surface area (Å²) >= 11 is 0. The Bertz CT molecular complexity index is 1600. The number of H-pyrrole nitrogens is 1. The van der Waals surface area contributed by atoms with Gasteiger partial charge in [0.15, 0.2) is 11.5 Å². The first-order valence-corrected chi connectivity index (χ1v) is 15.7. The van der Waals surface area contributed by atoms with E-state index in [4.69, 9.17) is 9.47 Å². The van der Waals surface area contributed by atoms with E-state index in [1.807, 2.05) is 24.3 Å². The number of anilines is 1. The van der Waals surface area contributed by atoms with Crippen LogP contribution in [0, 0.1) is 0 Å². The number of hydrogen-bond donors (Lipinski definition) is 2. The van der Waals surface area contributed by atoms with E-state index in [0.29, 0.717) is 17.5 Å². The third-order valence-electron chi connectivity index (χ3n) is 7.81. The lowest BCUT2D eigenvalue weighted by atomic mass is 9.87. The molecule has 212 valence electrons. The molecule has 2 N–H and O–H groups in total. The summed E-state index contributed by atoms with van der Waals surface area (Å²) in [7, 11) is 0.0372. The van der Waals surface area contributed by atoms with Crippen molar-refractivity contribution in [3.05, 3.63) is 77.4 Å². The molecule has 0 spiro atoms. The van der Waals surface area contributed by atoms with E-state index in [1.54, 1.807) is 20.3 Å². The predicted octanol–water partition coefficient (Wildman–Crippen LogP) is 6.73. The van der Waals surface area contributed by atoms with Crippen LogP contribution in [-0.4, -0.2) is 51.9 Å². The molecule has 40 heavy (non-hydrogen) atoms. The van der Waals surface area contributed by atoms with Crippen molar-refractivity contribution < 1.29 is 17.9 Å². The van der Waals surface area contributed by atoms with E-state index < -0.39 is 10.0 Å². The Morgan fingerprint density at radius 3 is 2.40 bits per heavy atom. The van der Waals surface area contributed by atoms with Crippen LogP contribution >= 0.6 is 0 Å². The minimum Gasteiger partial charge on any atom is -0.493 e. The van der Waals surface area contributed by atoms with Crippen LogP contribution in [0.4, 0.5) is 5.69 Å². The number of benzene rings is 3. The van der Waals surface area contributed by atoms with Gasteiger partial charge in [-0.15, -0.1) is 0 Å². The number of aromatic amines is 1. The van der Waals surface area contributed by atoms with Crippen LogP contribution in [0.25, 0.3) is 22.2 Å². The number of ether oxygens (including phenoxy) is 2. The van der Waals surface area contributed by atoms with Crippen LogP contribution in [-0.2, 0) is 16.6 Å². The summed E-state index contributed by atoms with van der Waals surface area (Å²) in [6, 6.07) is 20.7. The van der Waals surface area contributed by atoms with Crippen LogP contribution < -0.4 is 14.2 Å². The molecule has 1 saturated heterocycles. The van der Waals surface area contributed by atoms with E-state index in [0.717, 1.165) is 66.3 Å². The van der Waals surface area contributed by atoms with Crippen LogP contribution in [0.5, 0.6) is 11.5 Å². The molecule has 0 unspecified atom stereocenters. The molecule has 0 radical (unpaired) electrons. The van der Waals surface area contributed by atoms with Crippen molar-refractivity contribution in [1.82, 2.24) is 9.88 Å². The Labute approximate surface area is 237 Å². The zero-order valence-electron chi connectivity index (χ0n) is 24.0. The van der Waals surface area contributed by atoms with Gasteiger partial charge < -0.3 is 14.5 Å². The van der Waals surface area contributed by atoms with E-state index in [-0.39, 0.29) is 0 Å². The summed E-state index contributed by atoms with van der Waals surface area (Å²) < 4.78 is 36.8. The highest BCUT2D eigenvalue weighted by Crippen LogP contribution is 2.40. The van der Waals surface area contributed by atoms with Crippen molar-refractivity contribution in [1.29, 1.82) is 0 Å². The quantitative estimate of drug-likeness (QED) is 0.237. The van der Waals surface area contributed by atoms with Crippen LogP contribution in [0.3, 0.4) is 0 Å². The lowest BCUT2D eigenvalue weighted by molar-refractivity contribution is 0.205. The average Bonchev–Trinajstić information content (AvgIpc) is 3.31. The molecule has 0 amide bonds. The van der Waals surface area contributed by atoms with Gasteiger partial charge in [0.2, 0.25) is 10.0 Å². The molecule has 0 aliphatic carbocycles. The second kappa shape index (κ2) is 11.6. The molecule has 8 heteroatoms. The van der Waals surface area contributed by atoms with Crippen molar-refractivity contribution in [2.24, 2.45) is 0 Å².